The Morgan fingerprint density at radius 1 is 1.04 bits per heavy atom. The lowest BCUT2D eigenvalue weighted by Crippen LogP contribution is -2.47. The van der Waals surface area contributed by atoms with E-state index in [0.717, 1.165) is 10.8 Å². The summed E-state index contributed by atoms with van der Waals surface area (Å²) in [6.45, 7) is 1.56. The van der Waals surface area contributed by atoms with Gasteiger partial charge < -0.3 is 4.74 Å². The van der Waals surface area contributed by atoms with E-state index in [1.807, 2.05) is 36.4 Å². The van der Waals surface area contributed by atoms with Gasteiger partial charge in [0.25, 0.3) is 5.91 Å². The summed E-state index contributed by atoms with van der Waals surface area (Å²) in [4.78, 5) is 24.1. The van der Waals surface area contributed by atoms with Gasteiger partial charge in [0.2, 0.25) is 5.91 Å². The van der Waals surface area contributed by atoms with Crippen LogP contribution in [0.25, 0.3) is 10.8 Å². The molecule has 0 unspecified atom stereocenters. The molecule has 144 valence electrons. The number of carbonyl (C=O) groups excluding carboxylic acids is 2. The molecule has 0 heterocycles. The molecule has 5 nitrogen and oxygen atoms in total. The summed E-state index contributed by atoms with van der Waals surface area (Å²) in [7, 11) is 0. The Labute approximate surface area is 166 Å². The van der Waals surface area contributed by atoms with Crippen molar-refractivity contribution in [1.82, 2.24) is 10.9 Å². The first-order valence-corrected chi connectivity index (χ1v) is 8.99. The lowest BCUT2D eigenvalue weighted by Gasteiger charge is -2.16. The van der Waals surface area contributed by atoms with E-state index in [1.165, 1.54) is 18.2 Å². The SMILES string of the molecule is C[C@@H](Oc1ccc2ccccc2c1)C(=O)NNC(=O)Cc1c(F)cccc1Cl. The molecule has 0 fully saturated rings. The van der Waals surface area contributed by atoms with Crippen molar-refractivity contribution in [3.05, 3.63) is 77.1 Å². The highest BCUT2D eigenvalue weighted by atomic mass is 35.5. The molecule has 0 aliphatic heterocycles. The molecule has 3 rings (SSSR count). The molecule has 2 amide bonds. The minimum absolute atomic E-state index is 0.0661. The number of halogens is 2. The van der Waals surface area contributed by atoms with Crippen molar-refractivity contribution in [1.29, 1.82) is 0 Å². The number of hydrogen-bond donors (Lipinski definition) is 2. The number of ether oxygens (including phenoxy) is 1. The summed E-state index contributed by atoms with van der Waals surface area (Å²) < 4.78 is 19.3. The highest BCUT2D eigenvalue weighted by molar-refractivity contribution is 6.31. The van der Waals surface area contributed by atoms with Crippen LogP contribution in [0.5, 0.6) is 5.75 Å². The molecule has 28 heavy (non-hydrogen) atoms. The van der Waals surface area contributed by atoms with Gasteiger partial charge in [-0.2, -0.15) is 0 Å². The van der Waals surface area contributed by atoms with E-state index in [-0.39, 0.29) is 17.0 Å². The Balaban J connectivity index is 1.54. The van der Waals surface area contributed by atoms with Crippen LogP contribution in [0.2, 0.25) is 5.02 Å². The van der Waals surface area contributed by atoms with Gasteiger partial charge in [0.1, 0.15) is 11.6 Å². The van der Waals surface area contributed by atoms with Crippen molar-refractivity contribution in [3.8, 4) is 5.75 Å². The Morgan fingerprint density at radius 2 is 1.79 bits per heavy atom. The van der Waals surface area contributed by atoms with Crippen molar-refractivity contribution >= 4 is 34.2 Å². The second kappa shape index (κ2) is 8.71. The van der Waals surface area contributed by atoms with Crippen molar-refractivity contribution in [2.75, 3.05) is 0 Å². The molecule has 0 aliphatic carbocycles. The molecule has 0 aromatic heterocycles. The van der Waals surface area contributed by atoms with E-state index in [4.69, 9.17) is 16.3 Å². The second-order valence-electron chi connectivity index (χ2n) is 6.18. The molecule has 0 aliphatic rings. The first-order valence-electron chi connectivity index (χ1n) is 8.61. The van der Waals surface area contributed by atoms with Gasteiger partial charge in [-0.1, -0.05) is 48.0 Å². The number of amides is 2. The van der Waals surface area contributed by atoms with Crippen molar-refractivity contribution < 1.29 is 18.7 Å². The average Bonchev–Trinajstić information content (AvgIpc) is 2.69. The monoisotopic (exact) mass is 400 g/mol. The Kier molecular flexibility index (Phi) is 6.11. The van der Waals surface area contributed by atoms with Gasteiger partial charge in [-0.15, -0.1) is 0 Å². The number of benzene rings is 3. The topological polar surface area (TPSA) is 67.4 Å². The zero-order chi connectivity index (χ0) is 20.1. The molecule has 3 aromatic rings. The maximum absolute atomic E-state index is 13.7. The summed E-state index contributed by atoms with van der Waals surface area (Å²) >= 11 is 5.89. The lowest BCUT2D eigenvalue weighted by atomic mass is 10.1. The first kappa shape index (κ1) is 19.6. The lowest BCUT2D eigenvalue weighted by molar-refractivity contribution is -0.132. The van der Waals surface area contributed by atoms with E-state index < -0.39 is 23.7 Å². The second-order valence-corrected chi connectivity index (χ2v) is 6.59. The molecular formula is C21H18ClFN2O3. The van der Waals surface area contributed by atoms with Crippen LogP contribution in [-0.2, 0) is 16.0 Å². The fraction of sp³-hybridized carbons (Fsp3) is 0.143. The maximum atomic E-state index is 13.7. The summed E-state index contributed by atoms with van der Waals surface area (Å²) in [5, 5.41) is 2.20. The van der Waals surface area contributed by atoms with Gasteiger partial charge in [-0.25, -0.2) is 4.39 Å². The normalized spacial score (nSPS) is 11.7. The van der Waals surface area contributed by atoms with Crippen LogP contribution < -0.4 is 15.6 Å². The van der Waals surface area contributed by atoms with Crippen molar-refractivity contribution in [3.63, 3.8) is 0 Å². The smallest absolute Gasteiger partial charge is 0.279 e. The zero-order valence-electron chi connectivity index (χ0n) is 15.0. The average molecular weight is 401 g/mol. The van der Waals surface area contributed by atoms with Crippen LogP contribution in [0.1, 0.15) is 12.5 Å². The van der Waals surface area contributed by atoms with Crippen LogP contribution in [0.3, 0.4) is 0 Å². The zero-order valence-corrected chi connectivity index (χ0v) is 15.8. The predicted octanol–water partition coefficient (Wildman–Crippen LogP) is 3.79. The molecule has 3 aromatic carbocycles. The molecule has 0 saturated heterocycles. The molecule has 1 atom stereocenters. The number of nitrogens with one attached hydrogen (secondary N) is 2. The first-order chi connectivity index (χ1) is 13.4. The largest absolute Gasteiger partial charge is 0.481 e. The maximum Gasteiger partial charge on any atom is 0.279 e. The molecule has 2 N–H and O–H groups in total. The number of fused-ring (bicyclic) bond motifs is 1. The summed E-state index contributed by atoms with van der Waals surface area (Å²) in [6, 6.07) is 17.4. The van der Waals surface area contributed by atoms with Gasteiger partial charge in [0.15, 0.2) is 6.10 Å². The van der Waals surface area contributed by atoms with E-state index in [9.17, 15) is 14.0 Å². The third-order valence-corrected chi connectivity index (χ3v) is 4.48. The van der Waals surface area contributed by atoms with Gasteiger partial charge >= 0.3 is 0 Å². The van der Waals surface area contributed by atoms with E-state index in [2.05, 4.69) is 10.9 Å². The number of hydrazine groups is 1. The molecule has 7 heteroatoms. The summed E-state index contributed by atoms with van der Waals surface area (Å²) in [5.74, 6) is -1.19. The molecule has 0 saturated carbocycles. The molecule has 0 radical (unpaired) electrons. The number of hydrogen-bond acceptors (Lipinski definition) is 3. The van der Waals surface area contributed by atoms with Gasteiger partial charge in [-0.05, 0) is 42.0 Å². The fourth-order valence-electron chi connectivity index (χ4n) is 2.64. The summed E-state index contributed by atoms with van der Waals surface area (Å²) in [6.07, 6.45) is -1.15. The number of rotatable bonds is 5. The highest BCUT2D eigenvalue weighted by Gasteiger charge is 2.17. The Hall–Kier alpha value is -3.12. The summed E-state index contributed by atoms with van der Waals surface area (Å²) in [5.41, 5.74) is 4.57. The quantitative estimate of drug-likeness (QED) is 0.640. The van der Waals surface area contributed by atoms with Crippen LogP contribution in [0, 0.1) is 5.82 Å². The van der Waals surface area contributed by atoms with Crippen molar-refractivity contribution in [2.24, 2.45) is 0 Å². The van der Waals surface area contributed by atoms with Gasteiger partial charge in [0.05, 0.1) is 6.42 Å². The standard InChI is InChI=1S/C21H18ClFN2O3/c1-13(28-16-10-9-14-5-2-3-6-15(14)11-16)21(27)25-24-20(26)12-17-18(22)7-4-8-19(17)23/h2-11,13H,12H2,1H3,(H,24,26)(H,25,27)/t13-/m1/s1. The minimum atomic E-state index is -0.849. The third kappa shape index (κ3) is 4.78. The van der Waals surface area contributed by atoms with Crippen molar-refractivity contribution in [2.45, 2.75) is 19.4 Å². The Bertz CT molecular complexity index is 1010. The number of carbonyl (C=O) groups is 2. The Morgan fingerprint density at radius 3 is 2.54 bits per heavy atom. The highest BCUT2D eigenvalue weighted by Crippen LogP contribution is 2.21. The van der Waals surface area contributed by atoms with Crippen LogP contribution >= 0.6 is 11.6 Å². The van der Waals surface area contributed by atoms with E-state index in [0.29, 0.717) is 5.75 Å². The third-order valence-electron chi connectivity index (χ3n) is 4.13. The molecule has 0 bridgehead atoms. The van der Waals surface area contributed by atoms with E-state index in [1.54, 1.807) is 13.0 Å². The van der Waals surface area contributed by atoms with E-state index >= 15 is 0 Å². The predicted molar refractivity (Wildman–Crippen MR) is 105 cm³/mol. The minimum Gasteiger partial charge on any atom is -0.481 e. The molecule has 0 spiro atoms. The van der Waals surface area contributed by atoms with Gasteiger partial charge in [0, 0.05) is 10.6 Å². The van der Waals surface area contributed by atoms with Crippen LogP contribution in [-0.4, -0.2) is 17.9 Å². The van der Waals surface area contributed by atoms with Gasteiger partial charge in [-0.3, -0.25) is 20.4 Å². The van der Waals surface area contributed by atoms with Crippen LogP contribution in [0.4, 0.5) is 4.39 Å². The molecular weight excluding hydrogens is 383 g/mol. The fourth-order valence-corrected chi connectivity index (χ4v) is 2.87. The van der Waals surface area contributed by atoms with Crippen LogP contribution in [0.15, 0.2) is 60.7 Å².